The van der Waals surface area contributed by atoms with Crippen LogP contribution in [0.25, 0.3) is 10.9 Å². The number of hydrogen-bond donors (Lipinski definition) is 2. The number of H-pyrrole nitrogens is 1. The van der Waals surface area contributed by atoms with Crippen LogP contribution >= 0.6 is 0 Å². The third-order valence-electron chi connectivity index (χ3n) is 5.48. The average Bonchev–Trinajstić information content (AvgIpc) is 3.15. The summed E-state index contributed by atoms with van der Waals surface area (Å²) in [5.74, 6) is -0.336. The van der Waals surface area contributed by atoms with E-state index in [2.05, 4.69) is 23.3 Å². The molecule has 0 radical (unpaired) electrons. The van der Waals surface area contributed by atoms with E-state index in [1.807, 2.05) is 38.2 Å². The maximum absolute atomic E-state index is 12.7. The normalized spacial score (nSPS) is 13.2. The molecule has 6 heteroatoms. The first-order chi connectivity index (χ1) is 13.9. The summed E-state index contributed by atoms with van der Waals surface area (Å²) in [6.45, 7) is 6.10. The quantitative estimate of drug-likeness (QED) is 0.413. The first-order valence-corrected chi connectivity index (χ1v) is 10.1. The van der Waals surface area contributed by atoms with Crippen LogP contribution in [0.5, 0.6) is 0 Å². The van der Waals surface area contributed by atoms with Crippen molar-refractivity contribution in [1.29, 1.82) is 0 Å². The number of aromatic nitrogens is 1. The third-order valence-corrected chi connectivity index (χ3v) is 5.48. The first-order valence-electron chi connectivity index (χ1n) is 10.1. The van der Waals surface area contributed by atoms with Crippen LogP contribution in [0.1, 0.15) is 56.2 Å². The van der Waals surface area contributed by atoms with Gasteiger partial charge in [-0.25, -0.2) is 0 Å². The average molecular weight is 393 g/mol. The molecule has 29 heavy (non-hydrogen) atoms. The van der Waals surface area contributed by atoms with E-state index >= 15 is 0 Å². The molecule has 2 aromatic carbocycles. The van der Waals surface area contributed by atoms with Gasteiger partial charge in [0.1, 0.15) is 0 Å². The Balaban J connectivity index is 2.07. The van der Waals surface area contributed by atoms with Gasteiger partial charge in [-0.1, -0.05) is 44.2 Å². The molecular weight excluding hydrogens is 366 g/mol. The molecule has 6 nitrogen and oxygen atoms in total. The molecule has 0 aliphatic rings. The van der Waals surface area contributed by atoms with Crippen molar-refractivity contribution in [2.45, 2.75) is 52.0 Å². The molecule has 0 aliphatic heterocycles. The smallest absolute Gasteiger partial charge is 0.269 e. The summed E-state index contributed by atoms with van der Waals surface area (Å²) in [6, 6.07) is 12.8. The summed E-state index contributed by atoms with van der Waals surface area (Å²) in [4.78, 5) is 27.0. The van der Waals surface area contributed by atoms with Gasteiger partial charge in [-0.2, -0.15) is 0 Å². The predicted molar refractivity (Wildman–Crippen MR) is 115 cm³/mol. The van der Waals surface area contributed by atoms with Gasteiger partial charge in [0.15, 0.2) is 0 Å². The molecule has 0 spiro atoms. The Hall–Kier alpha value is -3.15. The Kier molecular flexibility index (Phi) is 6.32. The molecule has 0 saturated carbocycles. The van der Waals surface area contributed by atoms with Crippen molar-refractivity contribution in [3.05, 3.63) is 75.5 Å². The van der Waals surface area contributed by atoms with Crippen molar-refractivity contribution in [2.24, 2.45) is 0 Å². The minimum atomic E-state index is -0.399. The van der Waals surface area contributed by atoms with E-state index in [0.29, 0.717) is 0 Å². The topological polar surface area (TPSA) is 88.0 Å². The van der Waals surface area contributed by atoms with E-state index in [-0.39, 0.29) is 30.0 Å². The highest BCUT2D eigenvalue weighted by Crippen LogP contribution is 2.35. The van der Waals surface area contributed by atoms with Crippen LogP contribution in [-0.4, -0.2) is 21.9 Å². The van der Waals surface area contributed by atoms with Gasteiger partial charge < -0.3 is 10.3 Å². The zero-order valence-electron chi connectivity index (χ0n) is 17.1. The van der Waals surface area contributed by atoms with Crippen LogP contribution in [0.2, 0.25) is 0 Å². The Morgan fingerprint density at radius 1 is 1.21 bits per heavy atom. The molecule has 1 heterocycles. The number of rotatable bonds is 8. The summed E-state index contributed by atoms with van der Waals surface area (Å²) in [6.07, 6.45) is 3.91. The van der Waals surface area contributed by atoms with Gasteiger partial charge in [-0.15, -0.1) is 0 Å². The Bertz CT molecular complexity index is 1030. The van der Waals surface area contributed by atoms with Crippen LogP contribution in [0.3, 0.4) is 0 Å². The fourth-order valence-corrected chi connectivity index (χ4v) is 3.71. The monoisotopic (exact) mass is 393 g/mol. The van der Waals surface area contributed by atoms with Crippen LogP contribution in [0, 0.1) is 10.1 Å². The molecule has 1 amide bonds. The number of fused-ring (bicyclic) bond motifs is 1. The number of para-hydroxylation sites is 1. The maximum Gasteiger partial charge on any atom is 0.269 e. The standard InChI is InChI=1S/C23H27N3O3/c1-4-15(3)25-22(27)13-20(17-9-6-10-18(12-17)26(28)29)21-14-24-23-16(5-2)8-7-11-19(21)23/h6-12,14-15,20,24H,4-5,13H2,1-3H3,(H,25,27)/t15-,20+/m1/s1. The molecule has 0 unspecified atom stereocenters. The maximum atomic E-state index is 12.7. The van der Waals surface area contributed by atoms with Gasteiger partial charge in [0.25, 0.3) is 5.69 Å². The SMILES string of the molecule is CCc1cccc2c([C@@H](CC(=O)N[C@H](C)CC)c3cccc([N+](=O)[O-])c3)c[nH]c12. The summed E-state index contributed by atoms with van der Waals surface area (Å²) in [7, 11) is 0. The van der Waals surface area contributed by atoms with E-state index in [4.69, 9.17) is 0 Å². The second-order valence-corrected chi connectivity index (χ2v) is 7.42. The second-order valence-electron chi connectivity index (χ2n) is 7.42. The summed E-state index contributed by atoms with van der Waals surface area (Å²) >= 11 is 0. The molecule has 1 aromatic heterocycles. The fourth-order valence-electron chi connectivity index (χ4n) is 3.71. The van der Waals surface area contributed by atoms with Crippen LogP contribution in [-0.2, 0) is 11.2 Å². The fraction of sp³-hybridized carbons (Fsp3) is 0.348. The van der Waals surface area contributed by atoms with Gasteiger partial charge in [0, 0.05) is 47.6 Å². The Labute approximate surface area is 170 Å². The number of carbonyl (C=O) groups excluding carboxylic acids is 1. The van der Waals surface area contributed by atoms with Crippen molar-refractivity contribution in [1.82, 2.24) is 10.3 Å². The number of amides is 1. The van der Waals surface area contributed by atoms with Gasteiger partial charge in [0.05, 0.1) is 4.92 Å². The van der Waals surface area contributed by atoms with Crippen molar-refractivity contribution in [3.63, 3.8) is 0 Å². The summed E-state index contributed by atoms with van der Waals surface area (Å²) in [5, 5.41) is 15.4. The zero-order chi connectivity index (χ0) is 21.0. The summed E-state index contributed by atoms with van der Waals surface area (Å²) in [5.41, 5.74) is 4.04. The number of carbonyl (C=O) groups is 1. The lowest BCUT2D eigenvalue weighted by atomic mass is 9.87. The summed E-state index contributed by atoms with van der Waals surface area (Å²) < 4.78 is 0. The lowest BCUT2D eigenvalue weighted by Crippen LogP contribution is -2.33. The van der Waals surface area contributed by atoms with Gasteiger partial charge >= 0.3 is 0 Å². The Morgan fingerprint density at radius 2 is 1.97 bits per heavy atom. The minimum Gasteiger partial charge on any atom is -0.361 e. The van der Waals surface area contributed by atoms with Crippen LogP contribution < -0.4 is 5.32 Å². The molecule has 2 atom stereocenters. The van der Waals surface area contributed by atoms with E-state index in [1.54, 1.807) is 12.1 Å². The van der Waals surface area contributed by atoms with Gasteiger partial charge in [0.2, 0.25) is 5.91 Å². The number of non-ortho nitro benzene ring substituents is 1. The highest BCUT2D eigenvalue weighted by Gasteiger charge is 2.24. The number of nitro benzene ring substituents is 1. The molecule has 0 saturated heterocycles. The van der Waals surface area contributed by atoms with Crippen molar-refractivity contribution < 1.29 is 9.72 Å². The van der Waals surface area contributed by atoms with Crippen molar-refractivity contribution in [2.75, 3.05) is 0 Å². The number of hydrogen-bond acceptors (Lipinski definition) is 3. The third kappa shape index (κ3) is 4.47. The molecule has 3 rings (SSSR count). The van der Waals surface area contributed by atoms with Gasteiger partial charge in [-0.3, -0.25) is 14.9 Å². The van der Waals surface area contributed by atoms with Crippen LogP contribution in [0.4, 0.5) is 5.69 Å². The van der Waals surface area contributed by atoms with Gasteiger partial charge in [-0.05, 0) is 36.5 Å². The molecule has 0 fully saturated rings. The number of benzene rings is 2. The lowest BCUT2D eigenvalue weighted by molar-refractivity contribution is -0.384. The van der Waals surface area contributed by atoms with E-state index < -0.39 is 4.92 Å². The van der Waals surface area contributed by atoms with Crippen LogP contribution in [0.15, 0.2) is 48.7 Å². The minimum absolute atomic E-state index is 0.0314. The number of nitro groups is 1. The highest BCUT2D eigenvalue weighted by atomic mass is 16.6. The highest BCUT2D eigenvalue weighted by molar-refractivity contribution is 5.88. The lowest BCUT2D eigenvalue weighted by Gasteiger charge is -2.19. The first kappa shape index (κ1) is 20.6. The largest absolute Gasteiger partial charge is 0.361 e. The molecular formula is C23H27N3O3. The molecule has 2 N–H and O–H groups in total. The van der Waals surface area contributed by atoms with E-state index in [0.717, 1.165) is 34.9 Å². The zero-order valence-corrected chi connectivity index (χ0v) is 17.1. The molecule has 0 aliphatic carbocycles. The number of nitrogens with one attached hydrogen (secondary N) is 2. The Morgan fingerprint density at radius 3 is 2.66 bits per heavy atom. The number of aryl methyl sites for hydroxylation is 1. The van der Waals surface area contributed by atoms with Crippen molar-refractivity contribution in [3.8, 4) is 0 Å². The molecule has 0 bridgehead atoms. The van der Waals surface area contributed by atoms with E-state index in [9.17, 15) is 14.9 Å². The molecule has 152 valence electrons. The van der Waals surface area contributed by atoms with Crippen molar-refractivity contribution >= 4 is 22.5 Å². The van der Waals surface area contributed by atoms with E-state index in [1.165, 1.54) is 11.6 Å². The predicted octanol–water partition coefficient (Wildman–Crippen LogP) is 5.08. The number of nitrogens with zero attached hydrogens (tertiary/aromatic N) is 1. The number of aromatic amines is 1. The molecule has 3 aromatic rings. The second kappa shape index (κ2) is 8.90.